The first-order valence-electron chi connectivity index (χ1n) is 9.86. The Morgan fingerprint density at radius 2 is 1.60 bits per heavy atom. The third-order valence-corrected chi connectivity index (χ3v) is 4.89. The van der Waals surface area contributed by atoms with Gasteiger partial charge >= 0.3 is 0 Å². The number of nitrogens with zero attached hydrogens (tertiary/aromatic N) is 2. The highest BCUT2D eigenvalue weighted by Gasteiger charge is 2.09. The van der Waals surface area contributed by atoms with E-state index in [-0.39, 0.29) is 5.91 Å². The van der Waals surface area contributed by atoms with Crippen LogP contribution in [0.3, 0.4) is 0 Å². The highest BCUT2D eigenvalue weighted by Crippen LogP contribution is 2.28. The SMILES string of the molecule is CN(C)c1cc(Nc2ccc(C(=O)NCc3ccccc3)cc2)nc2ccccc12. The van der Waals surface area contributed by atoms with Gasteiger partial charge in [-0.2, -0.15) is 0 Å². The molecule has 5 nitrogen and oxygen atoms in total. The van der Waals surface area contributed by atoms with Gasteiger partial charge in [0.15, 0.2) is 0 Å². The Bertz CT molecular complexity index is 1150. The van der Waals surface area contributed by atoms with E-state index in [9.17, 15) is 4.79 Å². The molecule has 0 aliphatic carbocycles. The number of hydrogen-bond acceptors (Lipinski definition) is 4. The summed E-state index contributed by atoms with van der Waals surface area (Å²) in [5, 5.41) is 7.40. The number of carbonyl (C=O) groups excluding carboxylic acids is 1. The average Bonchev–Trinajstić information content (AvgIpc) is 2.78. The molecule has 150 valence electrons. The molecule has 0 saturated heterocycles. The van der Waals surface area contributed by atoms with Gasteiger partial charge < -0.3 is 15.5 Å². The maximum Gasteiger partial charge on any atom is 0.251 e. The molecule has 0 bridgehead atoms. The summed E-state index contributed by atoms with van der Waals surface area (Å²) in [6.45, 7) is 0.508. The molecule has 1 amide bonds. The van der Waals surface area contributed by atoms with Crippen LogP contribution >= 0.6 is 0 Å². The molecule has 5 heteroatoms. The van der Waals surface area contributed by atoms with Crippen LogP contribution in [0.25, 0.3) is 10.9 Å². The Kier molecular flexibility index (Phi) is 5.61. The molecular weight excluding hydrogens is 372 g/mol. The number of pyridine rings is 1. The van der Waals surface area contributed by atoms with Crippen molar-refractivity contribution in [3.05, 3.63) is 96.1 Å². The van der Waals surface area contributed by atoms with Gasteiger partial charge in [0.1, 0.15) is 5.82 Å². The topological polar surface area (TPSA) is 57.3 Å². The molecule has 4 rings (SSSR count). The van der Waals surface area contributed by atoms with Crippen LogP contribution in [0.5, 0.6) is 0 Å². The van der Waals surface area contributed by atoms with Crippen molar-refractivity contribution in [3.63, 3.8) is 0 Å². The lowest BCUT2D eigenvalue weighted by Crippen LogP contribution is -2.22. The largest absolute Gasteiger partial charge is 0.377 e. The average molecular weight is 396 g/mol. The molecule has 4 aromatic rings. The number of aromatic nitrogens is 1. The van der Waals surface area contributed by atoms with Gasteiger partial charge in [-0.15, -0.1) is 0 Å². The number of para-hydroxylation sites is 1. The number of hydrogen-bond donors (Lipinski definition) is 2. The van der Waals surface area contributed by atoms with Gasteiger partial charge in [0.05, 0.1) is 5.52 Å². The zero-order valence-corrected chi connectivity index (χ0v) is 17.1. The molecule has 0 fully saturated rings. The van der Waals surface area contributed by atoms with Crippen molar-refractivity contribution in [2.45, 2.75) is 6.54 Å². The fraction of sp³-hybridized carbons (Fsp3) is 0.120. The van der Waals surface area contributed by atoms with Gasteiger partial charge in [-0.25, -0.2) is 4.98 Å². The predicted octanol–water partition coefficient (Wildman–Crippen LogP) is 4.97. The third kappa shape index (κ3) is 4.41. The van der Waals surface area contributed by atoms with Crippen molar-refractivity contribution in [1.82, 2.24) is 10.3 Å². The van der Waals surface area contributed by atoms with Crippen LogP contribution in [0.1, 0.15) is 15.9 Å². The summed E-state index contributed by atoms with van der Waals surface area (Å²) in [7, 11) is 4.04. The lowest BCUT2D eigenvalue weighted by Gasteiger charge is -2.17. The van der Waals surface area contributed by atoms with E-state index < -0.39 is 0 Å². The molecule has 3 aromatic carbocycles. The molecule has 1 heterocycles. The standard InChI is InChI=1S/C25H24N4O/c1-29(2)23-16-24(28-22-11-7-6-10-21(22)23)27-20-14-12-19(13-15-20)25(30)26-17-18-8-4-3-5-9-18/h3-16H,17H2,1-2H3,(H,26,30)(H,27,28). The lowest BCUT2D eigenvalue weighted by atomic mass is 10.1. The second-order valence-corrected chi connectivity index (χ2v) is 7.31. The molecule has 1 aromatic heterocycles. The maximum atomic E-state index is 12.4. The minimum Gasteiger partial charge on any atom is -0.377 e. The fourth-order valence-electron chi connectivity index (χ4n) is 3.32. The van der Waals surface area contributed by atoms with Gasteiger partial charge in [0, 0.05) is 49.0 Å². The summed E-state index contributed by atoms with van der Waals surface area (Å²) in [5.74, 6) is 0.669. The summed E-state index contributed by atoms with van der Waals surface area (Å²) in [6.07, 6.45) is 0. The van der Waals surface area contributed by atoms with Gasteiger partial charge in [0.25, 0.3) is 5.91 Å². The molecule has 2 N–H and O–H groups in total. The molecular formula is C25H24N4O. The minimum absolute atomic E-state index is 0.0934. The van der Waals surface area contributed by atoms with Crippen LogP contribution in [0.15, 0.2) is 84.9 Å². The first kappa shape index (κ1) is 19.5. The van der Waals surface area contributed by atoms with Crippen molar-refractivity contribution in [1.29, 1.82) is 0 Å². The van der Waals surface area contributed by atoms with E-state index in [2.05, 4.69) is 21.6 Å². The summed E-state index contributed by atoms with van der Waals surface area (Å²) in [4.78, 5) is 19.2. The fourth-order valence-corrected chi connectivity index (χ4v) is 3.32. The van der Waals surface area contributed by atoms with Gasteiger partial charge in [-0.1, -0.05) is 48.5 Å². The van der Waals surface area contributed by atoms with Crippen LogP contribution in [-0.4, -0.2) is 25.0 Å². The normalized spacial score (nSPS) is 10.6. The molecule has 0 aliphatic rings. The Hall–Kier alpha value is -3.86. The Morgan fingerprint density at radius 1 is 0.900 bits per heavy atom. The second-order valence-electron chi connectivity index (χ2n) is 7.31. The highest BCUT2D eigenvalue weighted by atomic mass is 16.1. The van der Waals surface area contributed by atoms with Crippen molar-refractivity contribution in [3.8, 4) is 0 Å². The third-order valence-electron chi connectivity index (χ3n) is 4.89. The van der Waals surface area contributed by atoms with Crippen LogP contribution in [0.4, 0.5) is 17.2 Å². The van der Waals surface area contributed by atoms with E-state index in [0.29, 0.717) is 12.1 Å². The van der Waals surface area contributed by atoms with Crippen molar-refractivity contribution in [2.24, 2.45) is 0 Å². The van der Waals surface area contributed by atoms with Crippen LogP contribution < -0.4 is 15.5 Å². The quantitative estimate of drug-likeness (QED) is 0.483. The number of benzene rings is 3. The van der Waals surface area contributed by atoms with Crippen LogP contribution in [0, 0.1) is 0 Å². The number of nitrogens with one attached hydrogen (secondary N) is 2. The molecule has 0 aliphatic heterocycles. The zero-order chi connectivity index (χ0) is 20.9. The smallest absolute Gasteiger partial charge is 0.251 e. The maximum absolute atomic E-state index is 12.4. The first-order valence-corrected chi connectivity index (χ1v) is 9.86. The van der Waals surface area contributed by atoms with E-state index in [4.69, 9.17) is 4.98 Å². The monoisotopic (exact) mass is 396 g/mol. The molecule has 0 radical (unpaired) electrons. The minimum atomic E-state index is -0.0934. The van der Waals surface area contributed by atoms with Gasteiger partial charge in [0.2, 0.25) is 0 Å². The summed E-state index contributed by atoms with van der Waals surface area (Å²) >= 11 is 0. The Morgan fingerprint density at radius 3 is 2.33 bits per heavy atom. The van der Waals surface area contributed by atoms with Gasteiger partial charge in [-0.05, 0) is 35.9 Å². The van der Waals surface area contributed by atoms with Crippen molar-refractivity contribution in [2.75, 3.05) is 24.3 Å². The number of carbonyl (C=O) groups is 1. The van der Waals surface area contributed by atoms with E-state index in [1.54, 1.807) is 0 Å². The van der Waals surface area contributed by atoms with Crippen LogP contribution in [0.2, 0.25) is 0 Å². The van der Waals surface area contributed by atoms with Crippen molar-refractivity contribution < 1.29 is 4.79 Å². The number of rotatable bonds is 6. The summed E-state index contributed by atoms with van der Waals surface area (Å²) in [5.41, 5.74) is 4.60. The summed E-state index contributed by atoms with van der Waals surface area (Å²) < 4.78 is 0. The van der Waals surface area contributed by atoms with Gasteiger partial charge in [-0.3, -0.25) is 4.79 Å². The molecule has 0 unspecified atom stereocenters. The van der Waals surface area contributed by atoms with E-state index >= 15 is 0 Å². The predicted molar refractivity (Wildman–Crippen MR) is 123 cm³/mol. The number of amides is 1. The van der Waals surface area contributed by atoms with Crippen molar-refractivity contribution >= 4 is 34.0 Å². The lowest BCUT2D eigenvalue weighted by molar-refractivity contribution is 0.0951. The van der Waals surface area contributed by atoms with E-state index in [0.717, 1.165) is 33.7 Å². The molecule has 30 heavy (non-hydrogen) atoms. The highest BCUT2D eigenvalue weighted by molar-refractivity contribution is 5.95. The first-order chi connectivity index (χ1) is 14.6. The Labute approximate surface area is 176 Å². The van der Waals surface area contributed by atoms with E-state index in [1.165, 1.54) is 0 Å². The second kappa shape index (κ2) is 8.66. The number of anilines is 3. The van der Waals surface area contributed by atoms with E-state index in [1.807, 2.05) is 93.0 Å². The molecule has 0 atom stereocenters. The number of fused-ring (bicyclic) bond motifs is 1. The molecule has 0 saturated carbocycles. The zero-order valence-electron chi connectivity index (χ0n) is 17.1. The summed E-state index contributed by atoms with van der Waals surface area (Å²) in [6, 6.07) is 27.4. The molecule has 0 spiro atoms. The van der Waals surface area contributed by atoms with Crippen LogP contribution in [-0.2, 0) is 6.54 Å². The Balaban J connectivity index is 1.47.